The highest BCUT2D eigenvalue weighted by Gasteiger charge is 2.24. The minimum atomic E-state index is -0.887. The second-order valence-electron chi connectivity index (χ2n) is 5.72. The van der Waals surface area contributed by atoms with Gasteiger partial charge in [-0.05, 0) is 24.5 Å². The molecule has 1 fully saturated rings. The molecule has 120 valence electrons. The first-order chi connectivity index (χ1) is 10.7. The molecule has 0 spiro atoms. The first kappa shape index (κ1) is 15.2. The number of fused-ring (bicyclic) bond motifs is 1. The van der Waals surface area contributed by atoms with Gasteiger partial charge in [0.2, 0.25) is 0 Å². The summed E-state index contributed by atoms with van der Waals surface area (Å²) in [6.07, 6.45) is 2.42. The van der Waals surface area contributed by atoms with Crippen molar-refractivity contribution in [2.45, 2.75) is 32.3 Å². The van der Waals surface area contributed by atoms with Crippen LogP contribution in [0.1, 0.15) is 35.0 Å². The fourth-order valence-corrected chi connectivity index (χ4v) is 3.07. The molecule has 22 heavy (non-hydrogen) atoms. The number of nitrogens with zero attached hydrogens (tertiary/aromatic N) is 2. The highest BCUT2D eigenvalue weighted by atomic mass is 16.5. The molecule has 1 saturated heterocycles. The van der Waals surface area contributed by atoms with E-state index in [1.54, 1.807) is 6.07 Å². The average Bonchev–Trinajstić information content (AvgIpc) is 2.79. The Morgan fingerprint density at radius 2 is 2.23 bits per heavy atom. The summed E-state index contributed by atoms with van der Waals surface area (Å²) in [5.74, 6) is -0.137. The number of carboxylic acids is 1. The summed E-state index contributed by atoms with van der Waals surface area (Å²) in [5.41, 5.74) is 2.06. The molecular weight excluding hydrogens is 284 g/mol. The van der Waals surface area contributed by atoms with E-state index in [2.05, 4.69) is 11.8 Å². The highest BCUT2D eigenvalue weighted by Crippen LogP contribution is 2.25. The SMILES string of the molecule is CC[C@H]1CN(c2cc(C(=O)O)c3c(n2)CCOCC3)CCO1. The largest absolute Gasteiger partial charge is 0.478 e. The first-order valence-electron chi connectivity index (χ1n) is 7.89. The third kappa shape index (κ3) is 3.08. The molecule has 1 aromatic heterocycles. The molecule has 0 bridgehead atoms. The van der Waals surface area contributed by atoms with E-state index in [0.29, 0.717) is 38.2 Å². The lowest BCUT2D eigenvalue weighted by Crippen LogP contribution is -2.42. The number of pyridine rings is 1. The van der Waals surface area contributed by atoms with Crippen molar-refractivity contribution in [3.63, 3.8) is 0 Å². The number of carbonyl (C=O) groups is 1. The van der Waals surface area contributed by atoms with Crippen LogP contribution in [-0.4, -0.2) is 55.1 Å². The van der Waals surface area contributed by atoms with Gasteiger partial charge >= 0.3 is 5.97 Å². The van der Waals surface area contributed by atoms with Gasteiger partial charge in [-0.25, -0.2) is 9.78 Å². The van der Waals surface area contributed by atoms with E-state index in [1.165, 1.54) is 0 Å². The zero-order valence-electron chi connectivity index (χ0n) is 12.9. The predicted molar refractivity (Wildman–Crippen MR) is 81.7 cm³/mol. The molecule has 0 unspecified atom stereocenters. The van der Waals surface area contributed by atoms with Crippen LogP contribution in [0.25, 0.3) is 0 Å². The van der Waals surface area contributed by atoms with Crippen LogP contribution in [0.5, 0.6) is 0 Å². The van der Waals surface area contributed by atoms with Crippen LogP contribution < -0.4 is 4.90 Å². The topological polar surface area (TPSA) is 71.9 Å². The third-order valence-electron chi connectivity index (χ3n) is 4.32. The van der Waals surface area contributed by atoms with E-state index < -0.39 is 5.97 Å². The minimum absolute atomic E-state index is 0.186. The summed E-state index contributed by atoms with van der Waals surface area (Å²) in [6.45, 7) is 5.42. The summed E-state index contributed by atoms with van der Waals surface area (Å²) in [5, 5.41) is 9.54. The maximum Gasteiger partial charge on any atom is 0.336 e. The number of aromatic nitrogens is 1. The van der Waals surface area contributed by atoms with E-state index in [-0.39, 0.29) is 6.10 Å². The summed E-state index contributed by atoms with van der Waals surface area (Å²) in [4.78, 5) is 18.5. The normalized spacial score (nSPS) is 22.0. The summed E-state index contributed by atoms with van der Waals surface area (Å²) < 4.78 is 11.1. The van der Waals surface area contributed by atoms with Crippen molar-refractivity contribution in [3.8, 4) is 0 Å². The van der Waals surface area contributed by atoms with Crippen molar-refractivity contribution >= 4 is 11.8 Å². The summed E-state index contributed by atoms with van der Waals surface area (Å²) >= 11 is 0. The van der Waals surface area contributed by atoms with E-state index >= 15 is 0 Å². The zero-order valence-corrected chi connectivity index (χ0v) is 12.9. The molecule has 0 radical (unpaired) electrons. The smallest absolute Gasteiger partial charge is 0.336 e. The second-order valence-corrected chi connectivity index (χ2v) is 5.72. The molecule has 1 aromatic rings. The number of anilines is 1. The monoisotopic (exact) mass is 306 g/mol. The molecule has 6 heteroatoms. The van der Waals surface area contributed by atoms with Gasteiger partial charge < -0.3 is 19.5 Å². The fraction of sp³-hybridized carbons (Fsp3) is 0.625. The molecule has 2 aliphatic heterocycles. The predicted octanol–water partition coefficient (Wildman–Crippen LogP) is 1.51. The van der Waals surface area contributed by atoms with Crippen molar-refractivity contribution in [2.24, 2.45) is 0 Å². The van der Waals surface area contributed by atoms with Crippen LogP contribution in [0.4, 0.5) is 5.82 Å². The van der Waals surface area contributed by atoms with Crippen molar-refractivity contribution in [3.05, 3.63) is 22.9 Å². The number of carboxylic acid groups (broad SMARTS) is 1. The third-order valence-corrected chi connectivity index (χ3v) is 4.32. The van der Waals surface area contributed by atoms with Crippen molar-refractivity contribution < 1.29 is 19.4 Å². The molecule has 0 aromatic carbocycles. The van der Waals surface area contributed by atoms with Crippen LogP contribution in [0.15, 0.2) is 6.07 Å². The molecule has 1 atom stereocenters. The number of aromatic carboxylic acids is 1. The van der Waals surface area contributed by atoms with Crippen molar-refractivity contribution in [1.29, 1.82) is 0 Å². The van der Waals surface area contributed by atoms with E-state index in [0.717, 1.165) is 36.6 Å². The van der Waals surface area contributed by atoms with E-state index in [1.807, 2.05) is 0 Å². The van der Waals surface area contributed by atoms with Gasteiger partial charge in [0, 0.05) is 25.2 Å². The highest BCUT2D eigenvalue weighted by molar-refractivity contribution is 5.90. The Morgan fingerprint density at radius 1 is 1.41 bits per heavy atom. The minimum Gasteiger partial charge on any atom is -0.478 e. The van der Waals surface area contributed by atoms with Crippen LogP contribution in [0.3, 0.4) is 0 Å². The summed E-state index contributed by atoms with van der Waals surface area (Å²) in [7, 11) is 0. The second kappa shape index (κ2) is 6.62. The molecule has 0 amide bonds. The van der Waals surface area contributed by atoms with Crippen LogP contribution >= 0.6 is 0 Å². The van der Waals surface area contributed by atoms with Gasteiger partial charge in [0.25, 0.3) is 0 Å². The number of ether oxygens (including phenoxy) is 2. The van der Waals surface area contributed by atoms with Crippen molar-refractivity contribution in [1.82, 2.24) is 4.98 Å². The van der Waals surface area contributed by atoms with Gasteiger partial charge in [-0.3, -0.25) is 0 Å². The fourth-order valence-electron chi connectivity index (χ4n) is 3.07. The molecule has 0 saturated carbocycles. The van der Waals surface area contributed by atoms with Gasteiger partial charge in [-0.1, -0.05) is 6.92 Å². The lowest BCUT2D eigenvalue weighted by atomic mass is 10.0. The van der Waals surface area contributed by atoms with Crippen LogP contribution in [0, 0.1) is 0 Å². The Kier molecular flexibility index (Phi) is 4.59. The molecule has 2 aliphatic rings. The lowest BCUT2D eigenvalue weighted by Gasteiger charge is -2.33. The summed E-state index contributed by atoms with van der Waals surface area (Å²) in [6, 6.07) is 1.71. The Balaban J connectivity index is 1.96. The van der Waals surface area contributed by atoms with Gasteiger partial charge in [0.15, 0.2) is 0 Å². The van der Waals surface area contributed by atoms with Crippen molar-refractivity contribution in [2.75, 3.05) is 37.8 Å². The maximum atomic E-state index is 11.6. The van der Waals surface area contributed by atoms with E-state index in [9.17, 15) is 9.90 Å². The quantitative estimate of drug-likeness (QED) is 0.912. The van der Waals surface area contributed by atoms with E-state index in [4.69, 9.17) is 14.5 Å². The molecule has 1 N–H and O–H groups in total. The Morgan fingerprint density at radius 3 is 3.00 bits per heavy atom. The maximum absolute atomic E-state index is 11.6. The standard InChI is InChI=1S/C16H22N2O4/c1-2-11-10-18(5-8-22-11)15-9-13(16(19)20)12-3-6-21-7-4-14(12)17-15/h9,11H,2-8,10H2,1H3,(H,19,20)/t11-/m0/s1. The Labute approximate surface area is 130 Å². The van der Waals surface area contributed by atoms with Gasteiger partial charge in [-0.15, -0.1) is 0 Å². The molecule has 3 heterocycles. The van der Waals surface area contributed by atoms with Gasteiger partial charge in [-0.2, -0.15) is 0 Å². The Bertz CT molecular complexity index is 561. The lowest BCUT2D eigenvalue weighted by molar-refractivity contribution is 0.0381. The van der Waals surface area contributed by atoms with Gasteiger partial charge in [0.1, 0.15) is 5.82 Å². The molecular formula is C16H22N2O4. The number of hydrogen-bond donors (Lipinski definition) is 1. The van der Waals surface area contributed by atoms with Gasteiger partial charge in [0.05, 0.1) is 31.5 Å². The molecule has 6 nitrogen and oxygen atoms in total. The number of rotatable bonds is 3. The van der Waals surface area contributed by atoms with Crippen LogP contribution in [-0.2, 0) is 22.3 Å². The number of morpholine rings is 1. The molecule has 3 rings (SSSR count). The first-order valence-corrected chi connectivity index (χ1v) is 7.89. The number of hydrogen-bond acceptors (Lipinski definition) is 5. The zero-order chi connectivity index (χ0) is 15.5. The van der Waals surface area contributed by atoms with Crippen LogP contribution in [0.2, 0.25) is 0 Å². The molecule has 0 aliphatic carbocycles. The average molecular weight is 306 g/mol. The Hall–Kier alpha value is -1.66.